The number of carbonyl (C=O) groups is 2. The molecule has 2 rings (SSSR count). The van der Waals surface area contributed by atoms with E-state index < -0.39 is 23.9 Å². The van der Waals surface area contributed by atoms with Crippen LogP contribution < -0.4 is 5.32 Å². The molecule has 2 aromatic carbocycles. The topological polar surface area (TPSA) is 75.6 Å². The smallest absolute Gasteiger partial charge is 0.407 e. The maximum Gasteiger partial charge on any atom is 0.407 e. The molecule has 0 aliphatic rings. The fraction of sp³-hybridized carbons (Fsp3) is 0.222. The predicted octanol–water partition coefficient (Wildman–Crippen LogP) is 3.58. The van der Waals surface area contributed by atoms with E-state index in [1.807, 2.05) is 18.2 Å². The molecule has 1 atom stereocenters. The van der Waals surface area contributed by atoms with E-state index in [-0.39, 0.29) is 13.0 Å². The summed E-state index contributed by atoms with van der Waals surface area (Å²) >= 11 is 0. The summed E-state index contributed by atoms with van der Waals surface area (Å²) in [5, 5.41) is 11.5. The van der Waals surface area contributed by atoms with Gasteiger partial charge in [-0.25, -0.2) is 9.18 Å². The highest BCUT2D eigenvalue weighted by molar-refractivity contribution is 5.72. The second-order valence-electron chi connectivity index (χ2n) is 5.37. The quantitative estimate of drug-likeness (QED) is 0.848. The Bertz CT molecular complexity index is 718. The molecular formula is C18H18FNO4. The molecule has 6 heteroatoms. The maximum atomic E-state index is 13.7. The van der Waals surface area contributed by atoms with Crippen LogP contribution in [0.4, 0.5) is 9.18 Å². The van der Waals surface area contributed by atoms with Gasteiger partial charge in [0, 0.05) is 0 Å². The van der Waals surface area contributed by atoms with Crippen LogP contribution in [0.25, 0.3) is 0 Å². The second kappa shape index (κ2) is 8.10. The lowest BCUT2D eigenvalue weighted by Crippen LogP contribution is -2.30. The van der Waals surface area contributed by atoms with Gasteiger partial charge in [0.25, 0.3) is 0 Å². The zero-order valence-electron chi connectivity index (χ0n) is 13.2. The van der Waals surface area contributed by atoms with Gasteiger partial charge < -0.3 is 15.2 Å². The van der Waals surface area contributed by atoms with E-state index in [0.717, 1.165) is 5.56 Å². The minimum absolute atomic E-state index is 0.0642. The van der Waals surface area contributed by atoms with Crippen molar-refractivity contribution in [3.8, 4) is 0 Å². The van der Waals surface area contributed by atoms with Crippen LogP contribution in [0.1, 0.15) is 29.2 Å². The molecule has 0 fully saturated rings. The van der Waals surface area contributed by atoms with Crippen molar-refractivity contribution in [2.75, 3.05) is 0 Å². The predicted molar refractivity (Wildman–Crippen MR) is 85.9 cm³/mol. The molecule has 126 valence electrons. The van der Waals surface area contributed by atoms with Crippen LogP contribution in [0, 0.1) is 12.7 Å². The van der Waals surface area contributed by atoms with Gasteiger partial charge in [-0.1, -0.05) is 42.5 Å². The number of benzene rings is 2. The average Bonchev–Trinajstić information content (AvgIpc) is 2.55. The highest BCUT2D eigenvalue weighted by Crippen LogP contribution is 2.20. The molecule has 0 radical (unpaired) electrons. The Morgan fingerprint density at radius 2 is 1.92 bits per heavy atom. The van der Waals surface area contributed by atoms with Crippen molar-refractivity contribution in [3.05, 3.63) is 71.0 Å². The number of halogens is 1. The molecule has 0 heterocycles. The highest BCUT2D eigenvalue weighted by Gasteiger charge is 2.19. The fourth-order valence-electron chi connectivity index (χ4n) is 2.16. The summed E-state index contributed by atoms with van der Waals surface area (Å²) in [6.45, 7) is 1.67. The maximum absolute atomic E-state index is 13.7. The lowest BCUT2D eigenvalue weighted by atomic mass is 10.0. The van der Waals surface area contributed by atoms with Gasteiger partial charge in [-0.05, 0) is 29.7 Å². The van der Waals surface area contributed by atoms with Crippen molar-refractivity contribution in [2.45, 2.75) is 26.0 Å². The molecule has 24 heavy (non-hydrogen) atoms. The second-order valence-corrected chi connectivity index (χ2v) is 5.37. The number of ether oxygens (including phenoxy) is 1. The molecular weight excluding hydrogens is 313 g/mol. The number of alkyl carbamates (subject to hydrolysis) is 1. The number of nitrogens with one attached hydrogen (secondary N) is 1. The van der Waals surface area contributed by atoms with Gasteiger partial charge in [-0.3, -0.25) is 4.79 Å². The van der Waals surface area contributed by atoms with Gasteiger partial charge >= 0.3 is 12.1 Å². The monoisotopic (exact) mass is 331 g/mol. The minimum atomic E-state index is -1.11. The summed E-state index contributed by atoms with van der Waals surface area (Å²) in [5.74, 6) is -1.56. The summed E-state index contributed by atoms with van der Waals surface area (Å²) in [4.78, 5) is 22.9. The number of hydrogen-bond acceptors (Lipinski definition) is 3. The molecule has 2 aromatic rings. The number of carboxylic acid groups (broad SMARTS) is 1. The minimum Gasteiger partial charge on any atom is -0.481 e. The number of amides is 1. The molecule has 0 aliphatic carbocycles. The Hall–Kier alpha value is -2.89. The van der Waals surface area contributed by atoms with E-state index in [2.05, 4.69) is 5.32 Å². The zero-order chi connectivity index (χ0) is 17.5. The SMILES string of the molecule is Cc1ccc([C@@H](CC(=O)O)NC(=O)OCc2ccccc2)cc1F. The Labute approximate surface area is 139 Å². The van der Waals surface area contributed by atoms with Crippen LogP contribution in [0.15, 0.2) is 48.5 Å². The van der Waals surface area contributed by atoms with E-state index in [0.29, 0.717) is 11.1 Å². The van der Waals surface area contributed by atoms with Crippen molar-refractivity contribution in [3.63, 3.8) is 0 Å². The van der Waals surface area contributed by atoms with Crippen LogP contribution in [-0.2, 0) is 16.1 Å². The van der Waals surface area contributed by atoms with Crippen molar-refractivity contribution >= 4 is 12.1 Å². The summed E-state index contributed by atoms with van der Waals surface area (Å²) in [7, 11) is 0. The third-order valence-electron chi connectivity index (χ3n) is 3.48. The van der Waals surface area contributed by atoms with E-state index in [9.17, 15) is 14.0 Å². The fourth-order valence-corrected chi connectivity index (χ4v) is 2.16. The molecule has 0 spiro atoms. The molecule has 2 N–H and O–H groups in total. The van der Waals surface area contributed by atoms with Gasteiger partial charge in [0.05, 0.1) is 12.5 Å². The van der Waals surface area contributed by atoms with E-state index >= 15 is 0 Å². The van der Waals surface area contributed by atoms with Crippen LogP contribution in [0.5, 0.6) is 0 Å². The van der Waals surface area contributed by atoms with Crippen LogP contribution in [-0.4, -0.2) is 17.2 Å². The van der Waals surface area contributed by atoms with Gasteiger partial charge in [0.15, 0.2) is 0 Å². The normalized spacial score (nSPS) is 11.6. The average molecular weight is 331 g/mol. The zero-order valence-corrected chi connectivity index (χ0v) is 13.2. The van der Waals surface area contributed by atoms with Gasteiger partial charge in [0.2, 0.25) is 0 Å². The third-order valence-corrected chi connectivity index (χ3v) is 3.48. The highest BCUT2D eigenvalue weighted by atomic mass is 19.1. The number of aryl methyl sites for hydroxylation is 1. The molecule has 0 saturated carbocycles. The van der Waals surface area contributed by atoms with Crippen molar-refractivity contribution in [2.24, 2.45) is 0 Å². The summed E-state index contributed by atoms with van der Waals surface area (Å²) < 4.78 is 18.8. The lowest BCUT2D eigenvalue weighted by Gasteiger charge is -2.18. The standard InChI is InChI=1S/C18H18FNO4/c1-12-7-8-14(9-15(12)19)16(10-17(21)22)20-18(23)24-11-13-5-3-2-4-6-13/h2-9,16H,10-11H2,1H3,(H,20,23)(H,21,22)/t16-/m1/s1. The van der Waals surface area contributed by atoms with Crippen molar-refractivity contribution in [1.82, 2.24) is 5.32 Å². The number of rotatable bonds is 6. The Balaban J connectivity index is 2.03. The van der Waals surface area contributed by atoms with Crippen molar-refractivity contribution in [1.29, 1.82) is 0 Å². The number of carbonyl (C=O) groups excluding carboxylic acids is 1. The Kier molecular flexibility index (Phi) is 5.89. The summed E-state index contributed by atoms with van der Waals surface area (Å²) in [6.07, 6.45) is -1.13. The molecule has 0 aromatic heterocycles. The first kappa shape index (κ1) is 17.5. The number of hydrogen-bond donors (Lipinski definition) is 2. The molecule has 1 amide bonds. The molecule has 0 bridgehead atoms. The summed E-state index contributed by atoms with van der Waals surface area (Å²) in [6, 6.07) is 12.6. The molecule has 5 nitrogen and oxygen atoms in total. The van der Waals surface area contributed by atoms with E-state index in [1.165, 1.54) is 12.1 Å². The number of aliphatic carboxylic acids is 1. The first-order valence-corrected chi connectivity index (χ1v) is 7.41. The number of carboxylic acids is 1. The summed E-state index contributed by atoms with van der Waals surface area (Å²) in [5.41, 5.74) is 1.63. The van der Waals surface area contributed by atoms with Gasteiger partial charge in [0.1, 0.15) is 12.4 Å². The van der Waals surface area contributed by atoms with Crippen LogP contribution in [0.3, 0.4) is 0 Å². The van der Waals surface area contributed by atoms with Gasteiger partial charge in [-0.2, -0.15) is 0 Å². The van der Waals surface area contributed by atoms with E-state index in [4.69, 9.17) is 9.84 Å². The Morgan fingerprint density at radius 1 is 1.21 bits per heavy atom. The Morgan fingerprint density at radius 3 is 2.54 bits per heavy atom. The first-order chi connectivity index (χ1) is 11.5. The van der Waals surface area contributed by atoms with Crippen LogP contribution in [0.2, 0.25) is 0 Å². The molecule has 0 aliphatic heterocycles. The molecule has 0 saturated heterocycles. The van der Waals surface area contributed by atoms with Gasteiger partial charge in [-0.15, -0.1) is 0 Å². The third kappa shape index (κ3) is 5.08. The van der Waals surface area contributed by atoms with Crippen LogP contribution >= 0.6 is 0 Å². The van der Waals surface area contributed by atoms with E-state index in [1.54, 1.807) is 25.1 Å². The van der Waals surface area contributed by atoms with Crippen molar-refractivity contribution < 1.29 is 23.8 Å². The molecule has 0 unspecified atom stereocenters. The first-order valence-electron chi connectivity index (χ1n) is 7.41. The largest absolute Gasteiger partial charge is 0.481 e. The lowest BCUT2D eigenvalue weighted by molar-refractivity contribution is -0.137.